The first-order valence-corrected chi connectivity index (χ1v) is 9.63. The molecule has 126 valence electrons. The summed E-state index contributed by atoms with van der Waals surface area (Å²) in [4.78, 5) is 14.8. The summed E-state index contributed by atoms with van der Waals surface area (Å²) in [6.45, 7) is 4.61. The molecule has 1 heterocycles. The summed E-state index contributed by atoms with van der Waals surface area (Å²) in [5.41, 5.74) is 2.14. The number of carbonyl (C=O) groups excluding carboxylic acids is 1. The Morgan fingerprint density at radius 3 is 2.04 bits per heavy atom. The fourth-order valence-corrected chi connectivity index (χ4v) is 5.27. The number of amides is 1. The van der Waals surface area contributed by atoms with Crippen molar-refractivity contribution in [1.82, 2.24) is 4.90 Å². The van der Waals surface area contributed by atoms with Crippen LogP contribution in [0.15, 0.2) is 60.7 Å². The van der Waals surface area contributed by atoms with Crippen LogP contribution in [0.4, 0.5) is 0 Å². The van der Waals surface area contributed by atoms with Gasteiger partial charge in [-0.2, -0.15) is 0 Å². The predicted octanol–water partition coefficient (Wildman–Crippen LogP) is 3.37. The Kier molecular flexibility index (Phi) is 5.14. The maximum absolute atomic E-state index is 13.0. The summed E-state index contributed by atoms with van der Waals surface area (Å²) in [5.74, 6) is 0.180. The van der Waals surface area contributed by atoms with Gasteiger partial charge in [0.15, 0.2) is 0 Å². The van der Waals surface area contributed by atoms with Crippen molar-refractivity contribution in [3.05, 3.63) is 71.8 Å². The maximum Gasteiger partial charge on any atom is 0.240 e. The van der Waals surface area contributed by atoms with Crippen LogP contribution in [0.3, 0.4) is 0 Å². The van der Waals surface area contributed by atoms with Crippen molar-refractivity contribution in [3.63, 3.8) is 0 Å². The molecule has 0 spiro atoms. The molecule has 4 heteroatoms. The van der Waals surface area contributed by atoms with Crippen LogP contribution < -0.4 is 0 Å². The molecule has 0 radical (unpaired) electrons. The van der Waals surface area contributed by atoms with E-state index in [1.165, 1.54) is 0 Å². The lowest BCUT2D eigenvalue weighted by molar-refractivity contribution is -0.131. The van der Waals surface area contributed by atoms with Crippen LogP contribution in [-0.2, 0) is 28.6 Å². The van der Waals surface area contributed by atoms with Gasteiger partial charge < -0.3 is 4.90 Å². The molecule has 2 aromatic rings. The normalized spacial score (nSPS) is 23.9. The van der Waals surface area contributed by atoms with E-state index < -0.39 is 16.0 Å². The first-order chi connectivity index (χ1) is 11.6. The van der Waals surface area contributed by atoms with Gasteiger partial charge in [-0.25, -0.2) is 0 Å². The Bertz CT molecular complexity index is 715. The van der Waals surface area contributed by atoms with Crippen LogP contribution in [0.1, 0.15) is 25.0 Å². The zero-order chi connectivity index (χ0) is 17.1. The zero-order valence-corrected chi connectivity index (χ0v) is 14.9. The molecule has 0 aliphatic carbocycles. The second-order valence-electron chi connectivity index (χ2n) is 6.59. The van der Waals surface area contributed by atoms with Crippen molar-refractivity contribution in [2.45, 2.75) is 37.4 Å². The second-order valence-corrected chi connectivity index (χ2v) is 8.30. The highest BCUT2D eigenvalue weighted by Crippen LogP contribution is 2.30. The van der Waals surface area contributed by atoms with Gasteiger partial charge in [0.2, 0.25) is 5.91 Å². The van der Waals surface area contributed by atoms with Gasteiger partial charge in [0, 0.05) is 6.54 Å². The molecule has 1 aliphatic heterocycles. The molecule has 0 saturated carbocycles. The van der Waals surface area contributed by atoms with Crippen LogP contribution in [0.25, 0.3) is 0 Å². The van der Waals surface area contributed by atoms with Gasteiger partial charge in [0.1, 0.15) is 10.6 Å². The van der Waals surface area contributed by atoms with E-state index in [0.29, 0.717) is 13.0 Å². The van der Waals surface area contributed by atoms with Crippen LogP contribution in [0.2, 0.25) is 0 Å². The molecule has 0 aromatic heterocycles. The fraction of sp³-hybridized carbons (Fsp3) is 0.350. The number of rotatable bonds is 5. The minimum atomic E-state index is -1.19. The summed E-state index contributed by atoms with van der Waals surface area (Å²) in [6.07, 6.45) is 0.542. The standard InChI is InChI=1S/C20H23NO2S/c1-15(2)20-21(14-17-11-7-4-8-12-17)19(22)18(24(20)23)13-16-9-5-3-6-10-16/h3-12,15,18,20H,13-14H2,1-2H3. The summed E-state index contributed by atoms with van der Waals surface area (Å²) in [5, 5.41) is -0.657. The molecular weight excluding hydrogens is 318 g/mol. The van der Waals surface area contributed by atoms with E-state index >= 15 is 0 Å². The van der Waals surface area contributed by atoms with Crippen molar-refractivity contribution in [3.8, 4) is 0 Å². The highest BCUT2D eigenvalue weighted by Gasteiger charge is 2.47. The van der Waals surface area contributed by atoms with E-state index in [1.807, 2.05) is 79.4 Å². The molecule has 1 fully saturated rings. The Balaban J connectivity index is 1.85. The summed E-state index contributed by atoms with van der Waals surface area (Å²) in [6, 6.07) is 19.8. The molecule has 3 rings (SSSR count). The molecule has 1 amide bonds. The molecule has 24 heavy (non-hydrogen) atoms. The summed E-state index contributed by atoms with van der Waals surface area (Å²) >= 11 is 0. The van der Waals surface area contributed by atoms with E-state index in [2.05, 4.69) is 0 Å². The smallest absolute Gasteiger partial charge is 0.240 e. The van der Waals surface area contributed by atoms with Gasteiger partial charge in [-0.1, -0.05) is 74.5 Å². The number of hydrogen-bond acceptors (Lipinski definition) is 2. The molecule has 3 unspecified atom stereocenters. The Morgan fingerprint density at radius 1 is 0.958 bits per heavy atom. The SMILES string of the molecule is CC(C)C1N(Cc2ccccc2)C(=O)C(Cc2ccccc2)S1=O. The van der Waals surface area contributed by atoms with Crippen LogP contribution in [0.5, 0.6) is 0 Å². The Hall–Kier alpha value is -1.94. The maximum atomic E-state index is 13.0. The Morgan fingerprint density at radius 2 is 1.50 bits per heavy atom. The van der Waals surface area contributed by atoms with Gasteiger partial charge in [-0.05, 0) is 23.5 Å². The van der Waals surface area contributed by atoms with Gasteiger partial charge in [-0.3, -0.25) is 9.00 Å². The zero-order valence-electron chi connectivity index (χ0n) is 14.1. The van der Waals surface area contributed by atoms with Crippen molar-refractivity contribution in [2.24, 2.45) is 5.92 Å². The third kappa shape index (κ3) is 3.44. The number of carbonyl (C=O) groups is 1. The highest BCUT2D eigenvalue weighted by molar-refractivity contribution is 7.87. The van der Waals surface area contributed by atoms with Crippen LogP contribution in [-0.4, -0.2) is 25.6 Å². The second kappa shape index (κ2) is 7.31. The monoisotopic (exact) mass is 341 g/mol. The predicted molar refractivity (Wildman–Crippen MR) is 97.7 cm³/mol. The summed E-state index contributed by atoms with van der Waals surface area (Å²) in [7, 11) is -1.19. The van der Waals surface area contributed by atoms with Crippen LogP contribution in [0, 0.1) is 5.92 Å². The van der Waals surface area contributed by atoms with E-state index in [9.17, 15) is 9.00 Å². The van der Waals surface area contributed by atoms with Crippen molar-refractivity contribution in [2.75, 3.05) is 0 Å². The Labute approximate surface area is 146 Å². The fourth-order valence-electron chi connectivity index (χ4n) is 3.28. The molecule has 1 aliphatic rings. The first-order valence-electron chi connectivity index (χ1n) is 8.35. The number of nitrogens with zero attached hydrogens (tertiary/aromatic N) is 1. The van der Waals surface area contributed by atoms with Crippen molar-refractivity contribution < 1.29 is 9.00 Å². The average molecular weight is 341 g/mol. The highest BCUT2D eigenvalue weighted by atomic mass is 32.2. The van der Waals surface area contributed by atoms with E-state index in [-0.39, 0.29) is 17.2 Å². The van der Waals surface area contributed by atoms with E-state index in [4.69, 9.17) is 0 Å². The number of hydrogen-bond donors (Lipinski definition) is 0. The minimum Gasteiger partial charge on any atom is -0.322 e. The van der Waals surface area contributed by atoms with Crippen molar-refractivity contribution in [1.29, 1.82) is 0 Å². The topological polar surface area (TPSA) is 37.4 Å². The van der Waals surface area contributed by atoms with E-state index in [0.717, 1.165) is 11.1 Å². The van der Waals surface area contributed by atoms with E-state index in [1.54, 1.807) is 0 Å². The molecule has 1 saturated heterocycles. The van der Waals surface area contributed by atoms with Crippen molar-refractivity contribution >= 4 is 16.7 Å². The summed E-state index contributed by atoms with van der Waals surface area (Å²) < 4.78 is 13.0. The molecule has 2 aromatic carbocycles. The first kappa shape index (κ1) is 16.9. The van der Waals surface area contributed by atoms with Gasteiger partial charge >= 0.3 is 0 Å². The molecular formula is C20H23NO2S. The minimum absolute atomic E-state index is 0.0136. The third-order valence-corrected chi connectivity index (χ3v) is 6.62. The lowest BCUT2D eigenvalue weighted by atomic mass is 10.1. The molecule has 3 atom stereocenters. The number of benzene rings is 2. The lowest BCUT2D eigenvalue weighted by Gasteiger charge is -2.26. The van der Waals surface area contributed by atoms with Crippen LogP contribution >= 0.6 is 0 Å². The van der Waals surface area contributed by atoms with Gasteiger partial charge in [0.05, 0.1) is 10.8 Å². The van der Waals surface area contributed by atoms with Gasteiger partial charge in [0.25, 0.3) is 0 Å². The molecule has 0 bridgehead atoms. The molecule has 0 N–H and O–H groups in total. The lowest BCUT2D eigenvalue weighted by Crippen LogP contribution is -2.37. The largest absolute Gasteiger partial charge is 0.322 e. The molecule has 3 nitrogen and oxygen atoms in total. The third-order valence-electron chi connectivity index (χ3n) is 4.41. The average Bonchev–Trinajstić information content (AvgIpc) is 2.81. The van der Waals surface area contributed by atoms with Gasteiger partial charge in [-0.15, -0.1) is 0 Å². The quantitative estimate of drug-likeness (QED) is 0.836.